The number of benzene rings is 1. The Morgan fingerprint density at radius 2 is 2.05 bits per heavy atom. The lowest BCUT2D eigenvalue weighted by molar-refractivity contribution is -0.384. The second kappa shape index (κ2) is 5.90. The van der Waals surface area contributed by atoms with Crippen molar-refractivity contribution in [2.24, 2.45) is 0 Å². The summed E-state index contributed by atoms with van der Waals surface area (Å²) >= 11 is 11.9. The van der Waals surface area contributed by atoms with E-state index in [1.165, 1.54) is 12.1 Å². The van der Waals surface area contributed by atoms with Gasteiger partial charge in [0.2, 0.25) is 0 Å². The third kappa shape index (κ3) is 3.36. The van der Waals surface area contributed by atoms with Crippen LogP contribution in [0.25, 0.3) is 0 Å². The quantitative estimate of drug-likeness (QED) is 0.655. The lowest BCUT2D eigenvalue weighted by atomic mass is 10.2. The van der Waals surface area contributed by atoms with Gasteiger partial charge in [-0.15, -0.1) is 0 Å². The van der Waals surface area contributed by atoms with Gasteiger partial charge in [-0.3, -0.25) is 10.1 Å². The highest BCUT2D eigenvalue weighted by Gasteiger charge is 2.14. The summed E-state index contributed by atoms with van der Waals surface area (Å²) in [5.41, 5.74) is 1.34. The first kappa shape index (κ1) is 13.6. The Morgan fingerprint density at radius 1 is 1.37 bits per heavy atom. The number of hydrogen-bond acceptors (Lipinski definition) is 4. The van der Waals surface area contributed by atoms with Crippen LogP contribution in [0.15, 0.2) is 24.7 Å². The first-order valence-corrected chi connectivity index (χ1v) is 6.18. The van der Waals surface area contributed by atoms with Crippen molar-refractivity contribution >= 4 is 34.6 Å². The number of nitrogens with one attached hydrogen (secondary N) is 2. The number of halogens is 2. The fourth-order valence-corrected chi connectivity index (χ4v) is 2.19. The Kier molecular flexibility index (Phi) is 4.24. The largest absolute Gasteiger partial charge is 0.382 e. The molecule has 0 bridgehead atoms. The predicted octanol–water partition coefficient (Wildman–Crippen LogP) is 3.28. The molecule has 0 saturated heterocycles. The number of nitro benzene ring substituents is 1. The molecule has 100 valence electrons. The summed E-state index contributed by atoms with van der Waals surface area (Å²) in [4.78, 5) is 17.0. The molecule has 0 atom stereocenters. The average molecular weight is 301 g/mol. The standard InChI is InChI=1S/C11H10Cl2N4O2/c12-9-3-8(17(18)19)4-10(13)11(9)15-2-1-7-5-14-6-16-7/h3-6,15H,1-2H2,(H,14,16). The van der Waals surface area contributed by atoms with E-state index in [9.17, 15) is 10.1 Å². The van der Waals surface area contributed by atoms with Crippen molar-refractivity contribution in [2.45, 2.75) is 6.42 Å². The molecule has 19 heavy (non-hydrogen) atoms. The van der Waals surface area contributed by atoms with Crippen molar-refractivity contribution < 1.29 is 4.92 Å². The van der Waals surface area contributed by atoms with Crippen LogP contribution in [0.5, 0.6) is 0 Å². The molecule has 0 unspecified atom stereocenters. The molecular formula is C11H10Cl2N4O2. The Hall–Kier alpha value is -1.79. The van der Waals surface area contributed by atoms with Gasteiger partial charge in [-0.2, -0.15) is 0 Å². The monoisotopic (exact) mass is 300 g/mol. The summed E-state index contributed by atoms with van der Waals surface area (Å²) in [6.07, 6.45) is 4.03. The van der Waals surface area contributed by atoms with Gasteiger partial charge in [0.25, 0.3) is 5.69 Å². The van der Waals surface area contributed by atoms with Crippen LogP contribution in [-0.2, 0) is 6.42 Å². The molecule has 1 aromatic carbocycles. The number of aromatic nitrogens is 2. The molecule has 1 heterocycles. The predicted molar refractivity (Wildman–Crippen MR) is 73.9 cm³/mol. The topological polar surface area (TPSA) is 83.8 Å². The van der Waals surface area contributed by atoms with Crippen molar-refractivity contribution in [3.8, 4) is 0 Å². The molecule has 0 amide bonds. The zero-order valence-electron chi connectivity index (χ0n) is 9.69. The molecule has 1 aromatic heterocycles. The van der Waals surface area contributed by atoms with Crippen LogP contribution in [0.2, 0.25) is 10.0 Å². The van der Waals surface area contributed by atoms with Crippen LogP contribution in [0, 0.1) is 10.1 Å². The summed E-state index contributed by atoms with van der Waals surface area (Å²) in [6, 6.07) is 2.54. The normalized spacial score (nSPS) is 10.4. The number of hydrogen-bond donors (Lipinski definition) is 2. The van der Waals surface area contributed by atoms with Crippen LogP contribution >= 0.6 is 23.2 Å². The van der Waals surface area contributed by atoms with Crippen molar-refractivity contribution in [1.29, 1.82) is 0 Å². The van der Waals surface area contributed by atoms with Gasteiger partial charge in [0.05, 0.1) is 27.0 Å². The highest BCUT2D eigenvalue weighted by Crippen LogP contribution is 2.34. The third-order valence-electron chi connectivity index (χ3n) is 2.49. The van der Waals surface area contributed by atoms with E-state index in [0.29, 0.717) is 18.7 Å². The highest BCUT2D eigenvalue weighted by molar-refractivity contribution is 6.39. The van der Waals surface area contributed by atoms with Gasteiger partial charge >= 0.3 is 0 Å². The first-order chi connectivity index (χ1) is 9.08. The van der Waals surface area contributed by atoms with Gasteiger partial charge in [0.1, 0.15) is 0 Å². The number of aromatic amines is 1. The van der Waals surface area contributed by atoms with Gasteiger partial charge in [-0.05, 0) is 0 Å². The van der Waals surface area contributed by atoms with Gasteiger partial charge < -0.3 is 10.3 Å². The molecule has 6 nitrogen and oxygen atoms in total. The lowest BCUT2D eigenvalue weighted by Gasteiger charge is -2.09. The molecular weight excluding hydrogens is 291 g/mol. The fourth-order valence-electron chi connectivity index (χ4n) is 1.58. The molecule has 0 saturated carbocycles. The minimum Gasteiger partial charge on any atom is -0.382 e. The number of rotatable bonds is 5. The van der Waals surface area contributed by atoms with Gasteiger partial charge in [-0.1, -0.05) is 23.2 Å². The maximum Gasteiger partial charge on any atom is 0.272 e. The molecule has 0 aliphatic heterocycles. The van der Waals surface area contributed by atoms with Crippen LogP contribution in [-0.4, -0.2) is 21.4 Å². The molecule has 8 heteroatoms. The molecule has 0 fully saturated rings. The minimum atomic E-state index is -0.536. The first-order valence-electron chi connectivity index (χ1n) is 5.42. The van der Waals surface area contributed by atoms with Crippen LogP contribution < -0.4 is 5.32 Å². The Bertz CT molecular complexity index is 563. The second-order valence-corrected chi connectivity index (χ2v) is 4.61. The zero-order chi connectivity index (χ0) is 13.8. The van der Waals surface area contributed by atoms with Crippen LogP contribution in [0.1, 0.15) is 5.69 Å². The van der Waals surface area contributed by atoms with Crippen molar-refractivity contribution in [2.75, 3.05) is 11.9 Å². The number of imidazole rings is 1. The molecule has 0 aliphatic carbocycles. The number of nitro groups is 1. The Balaban J connectivity index is 2.06. The zero-order valence-corrected chi connectivity index (χ0v) is 11.2. The molecule has 2 N–H and O–H groups in total. The third-order valence-corrected chi connectivity index (χ3v) is 3.08. The molecule has 0 aliphatic rings. The number of nitrogens with zero attached hydrogens (tertiary/aromatic N) is 2. The molecule has 0 spiro atoms. The van der Waals surface area contributed by atoms with E-state index in [0.717, 1.165) is 5.69 Å². The van der Waals surface area contributed by atoms with Crippen molar-refractivity contribution in [3.05, 3.63) is 50.5 Å². The molecule has 2 aromatic rings. The van der Waals surface area contributed by atoms with E-state index < -0.39 is 4.92 Å². The van der Waals surface area contributed by atoms with E-state index in [2.05, 4.69) is 15.3 Å². The summed E-state index contributed by atoms with van der Waals surface area (Å²) in [5, 5.41) is 14.1. The van der Waals surface area contributed by atoms with E-state index >= 15 is 0 Å². The SMILES string of the molecule is O=[N+]([O-])c1cc(Cl)c(NCCc2cnc[nH]2)c(Cl)c1. The summed E-state index contributed by atoms with van der Waals surface area (Å²) < 4.78 is 0. The maximum atomic E-state index is 10.6. The summed E-state index contributed by atoms with van der Waals surface area (Å²) in [5.74, 6) is 0. The smallest absolute Gasteiger partial charge is 0.272 e. The van der Waals surface area contributed by atoms with Gasteiger partial charge in [0, 0.05) is 37.0 Å². The van der Waals surface area contributed by atoms with Crippen molar-refractivity contribution in [3.63, 3.8) is 0 Å². The van der Waals surface area contributed by atoms with Crippen LogP contribution in [0.3, 0.4) is 0 Å². The molecule has 0 radical (unpaired) electrons. The van der Waals surface area contributed by atoms with E-state index in [1.54, 1.807) is 12.5 Å². The number of anilines is 1. The van der Waals surface area contributed by atoms with E-state index in [-0.39, 0.29) is 15.7 Å². The van der Waals surface area contributed by atoms with Crippen LogP contribution in [0.4, 0.5) is 11.4 Å². The number of H-pyrrole nitrogens is 1. The summed E-state index contributed by atoms with van der Waals surface area (Å²) in [6.45, 7) is 0.583. The minimum absolute atomic E-state index is 0.130. The van der Waals surface area contributed by atoms with E-state index in [4.69, 9.17) is 23.2 Å². The van der Waals surface area contributed by atoms with Gasteiger partial charge in [-0.25, -0.2) is 4.98 Å². The van der Waals surface area contributed by atoms with Crippen molar-refractivity contribution in [1.82, 2.24) is 9.97 Å². The number of non-ortho nitro benzene ring substituents is 1. The molecule has 2 rings (SSSR count). The Morgan fingerprint density at radius 3 is 2.58 bits per heavy atom. The fraction of sp³-hybridized carbons (Fsp3) is 0.182. The second-order valence-electron chi connectivity index (χ2n) is 3.80. The maximum absolute atomic E-state index is 10.6. The van der Waals surface area contributed by atoms with E-state index in [1.807, 2.05) is 0 Å². The van der Waals surface area contributed by atoms with Gasteiger partial charge in [0.15, 0.2) is 0 Å². The summed E-state index contributed by atoms with van der Waals surface area (Å²) in [7, 11) is 0. The lowest BCUT2D eigenvalue weighted by Crippen LogP contribution is -2.06. The highest BCUT2D eigenvalue weighted by atomic mass is 35.5. The average Bonchev–Trinajstić information content (AvgIpc) is 2.85. The Labute approximate surface area is 118 Å².